The summed E-state index contributed by atoms with van der Waals surface area (Å²) < 4.78 is 67.0. The van der Waals surface area contributed by atoms with E-state index < -0.39 is 32.6 Å². The number of carbonyl (C=O) groups excluding carboxylic acids is 1. The zero-order chi connectivity index (χ0) is 21.9. The predicted octanol–water partition coefficient (Wildman–Crippen LogP) is 5.52. The molecule has 3 aromatic carbocycles. The van der Waals surface area contributed by atoms with Gasteiger partial charge in [0.1, 0.15) is 0 Å². The van der Waals surface area contributed by atoms with Gasteiger partial charge in [-0.2, -0.15) is 13.2 Å². The van der Waals surface area contributed by atoms with E-state index in [2.05, 4.69) is 26.0 Å². The number of amides is 1. The van der Waals surface area contributed by atoms with E-state index in [9.17, 15) is 26.4 Å². The normalized spacial score (nSPS) is 11.7. The summed E-state index contributed by atoms with van der Waals surface area (Å²) in [5.41, 5.74) is -0.661. The van der Waals surface area contributed by atoms with Crippen LogP contribution >= 0.6 is 15.9 Å². The molecule has 1 amide bonds. The predicted molar refractivity (Wildman–Crippen MR) is 111 cm³/mol. The monoisotopic (exact) mass is 498 g/mol. The Labute approximate surface area is 179 Å². The molecule has 0 unspecified atom stereocenters. The van der Waals surface area contributed by atoms with Gasteiger partial charge in [0.15, 0.2) is 0 Å². The molecule has 0 atom stereocenters. The van der Waals surface area contributed by atoms with Crippen molar-refractivity contribution in [3.63, 3.8) is 0 Å². The Bertz CT molecular complexity index is 1180. The molecule has 2 N–H and O–H groups in total. The number of rotatable bonds is 5. The largest absolute Gasteiger partial charge is 0.416 e. The molecule has 0 aliphatic heterocycles. The first-order chi connectivity index (χ1) is 14.1. The fourth-order valence-corrected chi connectivity index (χ4v) is 3.93. The van der Waals surface area contributed by atoms with Crippen molar-refractivity contribution in [3.05, 3.63) is 88.4 Å². The van der Waals surface area contributed by atoms with Crippen molar-refractivity contribution in [1.29, 1.82) is 0 Å². The van der Waals surface area contributed by atoms with Crippen molar-refractivity contribution in [2.75, 3.05) is 10.0 Å². The number of hydrogen-bond acceptors (Lipinski definition) is 3. The highest BCUT2D eigenvalue weighted by Crippen LogP contribution is 2.31. The maximum Gasteiger partial charge on any atom is 0.416 e. The maximum absolute atomic E-state index is 12.9. The highest BCUT2D eigenvalue weighted by Gasteiger charge is 2.31. The quantitative estimate of drug-likeness (QED) is 0.486. The lowest BCUT2D eigenvalue weighted by molar-refractivity contribution is -0.137. The van der Waals surface area contributed by atoms with Crippen LogP contribution in [0.4, 0.5) is 24.5 Å². The third kappa shape index (κ3) is 5.19. The number of halogens is 4. The van der Waals surface area contributed by atoms with Gasteiger partial charge in [-0.15, -0.1) is 0 Å². The lowest BCUT2D eigenvalue weighted by atomic mass is 10.1. The molecule has 0 heterocycles. The van der Waals surface area contributed by atoms with Crippen molar-refractivity contribution >= 4 is 43.2 Å². The second kappa shape index (κ2) is 8.49. The van der Waals surface area contributed by atoms with E-state index in [1.165, 1.54) is 18.2 Å². The molecule has 0 bridgehead atoms. The molecular weight excluding hydrogens is 485 g/mol. The van der Waals surface area contributed by atoms with Gasteiger partial charge in [0.05, 0.1) is 21.7 Å². The molecule has 0 aliphatic carbocycles. The average molecular weight is 499 g/mol. The van der Waals surface area contributed by atoms with Gasteiger partial charge in [0.2, 0.25) is 0 Å². The zero-order valence-electron chi connectivity index (χ0n) is 15.1. The Balaban J connectivity index is 1.89. The summed E-state index contributed by atoms with van der Waals surface area (Å²) in [6, 6.07) is 15.9. The van der Waals surface area contributed by atoms with Gasteiger partial charge in [0, 0.05) is 10.2 Å². The van der Waals surface area contributed by atoms with E-state index >= 15 is 0 Å². The van der Waals surface area contributed by atoms with Crippen LogP contribution in [0.2, 0.25) is 0 Å². The number of para-hydroxylation sites is 1. The van der Waals surface area contributed by atoms with Gasteiger partial charge in [-0.1, -0.05) is 34.1 Å². The minimum Gasteiger partial charge on any atom is -0.322 e. The van der Waals surface area contributed by atoms with Crippen LogP contribution in [0.5, 0.6) is 0 Å². The molecule has 0 radical (unpaired) electrons. The van der Waals surface area contributed by atoms with Gasteiger partial charge in [-0.05, 0) is 54.6 Å². The SMILES string of the molecule is O=C(Nc1ccc(Br)cc1)c1ccccc1NS(=O)(=O)c1cccc(C(F)(F)F)c1. The Morgan fingerprint density at radius 3 is 2.23 bits per heavy atom. The fourth-order valence-electron chi connectivity index (χ4n) is 2.55. The number of nitrogens with one attached hydrogen (secondary N) is 2. The Hall–Kier alpha value is -2.85. The van der Waals surface area contributed by atoms with Crippen molar-refractivity contribution in [3.8, 4) is 0 Å². The van der Waals surface area contributed by atoms with Crippen LogP contribution in [-0.4, -0.2) is 14.3 Å². The molecule has 10 heteroatoms. The molecule has 3 rings (SSSR count). The van der Waals surface area contributed by atoms with Crippen LogP contribution in [0.25, 0.3) is 0 Å². The number of anilines is 2. The van der Waals surface area contributed by atoms with Crippen molar-refractivity contribution in [2.24, 2.45) is 0 Å². The molecule has 0 aliphatic rings. The maximum atomic E-state index is 12.9. The second-order valence-electron chi connectivity index (χ2n) is 6.14. The van der Waals surface area contributed by atoms with Gasteiger partial charge in [-0.25, -0.2) is 8.42 Å². The molecule has 3 aromatic rings. The Morgan fingerprint density at radius 2 is 1.57 bits per heavy atom. The topological polar surface area (TPSA) is 75.3 Å². The minimum absolute atomic E-state index is 0.0102. The van der Waals surface area contributed by atoms with E-state index in [1.807, 2.05) is 0 Å². The third-order valence-corrected chi connectivity index (χ3v) is 5.88. The molecule has 5 nitrogen and oxygen atoms in total. The van der Waals surface area contributed by atoms with E-state index in [4.69, 9.17) is 0 Å². The van der Waals surface area contributed by atoms with E-state index in [-0.39, 0.29) is 11.3 Å². The van der Waals surface area contributed by atoms with Crippen LogP contribution in [0.1, 0.15) is 15.9 Å². The Morgan fingerprint density at radius 1 is 0.900 bits per heavy atom. The molecular formula is C20H14BrF3N2O3S. The summed E-state index contributed by atoms with van der Waals surface area (Å²) in [7, 11) is -4.37. The van der Waals surface area contributed by atoms with Crippen LogP contribution in [-0.2, 0) is 16.2 Å². The molecule has 156 valence electrons. The summed E-state index contributed by atoms with van der Waals surface area (Å²) in [4.78, 5) is 12.1. The van der Waals surface area contributed by atoms with Crippen molar-refractivity contribution in [2.45, 2.75) is 11.1 Å². The van der Waals surface area contributed by atoms with Crippen LogP contribution < -0.4 is 10.0 Å². The molecule has 30 heavy (non-hydrogen) atoms. The number of hydrogen-bond donors (Lipinski definition) is 2. The molecule has 0 saturated heterocycles. The lowest BCUT2D eigenvalue weighted by Crippen LogP contribution is -2.19. The molecule has 0 spiro atoms. The van der Waals surface area contributed by atoms with Crippen LogP contribution in [0.15, 0.2) is 82.2 Å². The highest BCUT2D eigenvalue weighted by molar-refractivity contribution is 9.10. The summed E-state index contributed by atoms with van der Waals surface area (Å²) in [5, 5.41) is 2.64. The highest BCUT2D eigenvalue weighted by atomic mass is 79.9. The molecule has 0 saturated carbocycles. The fraction of sp³-hybridized carbons (Fsp3) is 0.0500. The van der Waals surface area contributed by atoms with Crippen LogP contribution in [0, 0.1) is 0 Å². The van der Waals surface area contributed by atoms with Crippen LogP contribution in [0.3, 0.4) is 0 Å². The van der Waals surface area contributed by atoms with Gasteiger partial charge in [0.25, 0.3) is 15.9 Å². The van der Waals surface area contributed by atoms with Gasteiger partial charge < -0.3 is 5.32 Å². The Kier molecular flexibility index (Phi) is 6.18. The molecule has 0 fully saturated rings. The number of alkyl halides is 3. The number of benzene rings is 3. The second-order valence-corrected chi connectivity index (χ2v) is 8.74. The summed E-state index contributed by atoms with van der Waals surface area (Å²) in [6.07, 6.45) is -4.69. The first kappa shape index (κ1) is 21.8. The number of sulfonamides is 1. The first-order valence-electron chi connectivity index (χ1n) is 8.42. The van der Waals surface area contributed by atoms with Crippen molar-refractivity contribution in [1.82, 2.24) is 0 Å². The average Bonchev–Trinajstić information content (AvgIpc) is 2.69. The summed E-state index contributed by atoms with van der Waals surface area (Å²) >= 11 is 3.28. The van der Waals surface area contributed by atoms with E-state index in [1.54, 1.807) is 30.3 Å². The smallest absolute Gasteiger partial charge is 0.322 e. The van der Waals surface area contributed by atoms with Gasteiger partial charge >= 0.3 is 6.18 Å². The standard InChI is InChI=1S/C20H14BrF3N2O3S/c21-14-8-10-15(11-9-14)25-19(27)17-6-1-2-7-18(17)26-30(28,29)16-5-3-4-13(12-16)20(22,23)24/h1-12,26H,(H,25,27). The van der Waals surface area contributed by atoms with Gasteiger partial charge in [-0.3, -0.25) is 9.52 Å². The minimum atomic E-state index is -4.69. The first-order valence-corrected chi connectivity index (χ1v) is 10.7. The number of carbonyl (C=O) groups is 1. The van der Waals surface area contributed by atoms with Crippen molar-refractivity contribution < 1.29 is 26.4 Å². The summed E-state index contributed by atoms with van der Waals surface area (Å²) in [5.74, 6) is -0.584. The third-order valence-electron chi connectivity index (χ3n) is 3.99. The molecule has 0 aromatic heterocycles. The van der Waals surface area contributed by atoms with E-state index in [0.29, 0.717) is 11.8 Å². The lowest BCUT2D eigenvalue weighted by Gasteiger charge is -2.14. The zero-order valence-corrected chi connectivity index (χ0v) is 17.5. The van der Waals surface area contributed by atoms with E-state index in [0.717, 1.165) is 22.7 Å². The summed E-state index contributed by atoms with van der Waals surface area (Å²) in [6.45, 7) is 0.